The molecule has 19 heteroatoms. The van der Waals surface area contributed by atoms with Crippen LogP contribution in [-0.2, 0) is 40.9 Å². The third-order valence-electron chi connectivity index (χ3n) is 5.36. The fraction of sp³-hybridized carbons (Fsp3) is 0.333. The molecule has 3 rings (SSSR count). The van der Waals surface area contributed by atoms with E-state index in [9.17, 15) is 37.5 Å². The smallest absolute Gasteiger partial charge is 0.362 e. The zero-order valence-electron chi connectivity index (χ0n) is 20.7. The molecule has 1 aliphatic rings. The molecule has 1 aromatic heterocycles. The summed E-state index contributed by atoms with van der Waals surface area (Å²) >= 11 is 0.936. The largest absolute Gasteiger partial charge is 0.458 e. The van der Waals surface area contributed by atoms with Crippen molar-refractivity contribution in [1.29, 1.82) is 5.26 Å². The maximum Gasteiger partial charge on any atom is 0.362 e. The van der Waals surface area contributed by atoms with Gasteiger partial charge in [0, 0.05) is 17.5 Å². The third kappa shape index (κ3) is 6.66. The molecule has 1 saturated heterocycles. The van der Waals surface area contributed by atoms with Crippen LogP contribution in [0.5, 0.6) is 0 Å². The molecule has 212 valence electrons. The maximum atomic E-state index is 13.1. The summed E-state index contributed by atoms with van der Waals surface area (Å²) in [6, 6.07) is 4.05. The predicted octanol–water partition coefficient (Wildman–Crippen LogP) is 0.288. The number of ether oxygens (including phenoxy) is 1. The van der Waals surface area contributed by atoms with Crippen molar-refractivity contribution < 1.29 is 41.9 Å². The number of rotatable bonds is 11. The molecular formula is C21H21N7O10S2. The fourth-order valence-corrected chi connectivity index (χ4v) is 4.73. The van der Waals surface area contributed by atoms with Crippen LogP contribution in [0.2, 0.25) is 0 Å². The number of nitro groups is 1. The molecule has 1 aliphatic heterocycles. The summed E-state index contributed by atoms with van der Waals surface area (Å²) < 4.78 is 37.4. The Labute approximate surface area is 230 Å². The van der Waals surface area contributed by atoms with Gasteiger partial charge in [0.1, 0.15) is 18.3 Å². The number of benzene rings is 1. The number of β-lactam (4-membered cyclic amide) rings is 1. The van der Waals surface area contributed by atoms with Gasteiger partial charge < -0.3 is 20.6 Å². The molecule has 0 aliphatic carbocycles. The number of nitrogens with two attached hydrogens (primary N) is 1. The van der Waals surface area contributed by atoms with E-state index in [1.54, 1.807) is 6.07 Å². The standard InChI is InChI=1S/C21H21N7O10S2/c1-21(2,19(31)37-9-11-3-5-12(6-4-11)28(32)33)38-26-15(13-10-39-20(23)24-13)17(29)25-16-14(7-8-22)27(18(16)30)40(34,35)36/h3-6,10,14,16H,7,9H2,1-2H3,(H2,23,24)(H,25,29)(H,34,35,36)/b26-15-/t14-,16+/m0/s1. The van der Waals surface area contributed by atoms with Crippen LogP contribution in [0.1, 0.15) is 31.5 Å². The quantitative estimate of drug-likeness (QED) is 0.0789. The van der Waals surface area contributed by atoms with Crippen molar-refractivity contribution in [3.63, 3.8) is 0 Å². The second kappa shape index (κ2) is 11.6. The van der Waals surface area contributed by atoms with Gasteiger partial charge in [-0.2, -0.15) is 13.7 Å². The maximum absolute atomic E-state index is 13.1. The van der Waals surface area contributed by atoms with Crippen LogP contribution in [0.25, 0.3) is 0 Å². The summed E-state index contributed by atoms with van der Waals surface area (Å²) in [5.41, 5.74) is 3.52. The van der Waals surface area contributed by atoms with E-state index >= 15 is 0 Å². The fourth-order valence-electron chi connectivity index (χ4n) is 3.30. The first-order valence-corrected chi connectivity index (χ1v) is 13.3. The van der Waals surface area contributed by atoms with Crippen LogP contribution >= 0.6 is 11.3 Å². The van der Waals surface area contributed by atoms with Gasteiger partial charge in [-0.3, -0.25) is 24.3 Å². The molecule has 1 fully saturated rings. The summed E-state index contributed by atoms with van der Waals surface area (Å²) in [6.45, 7) is 2.31. The lowest BCUT2D eigenvalue weighted by Crippen LogP contribution is -2.72. The number of non-ortho nitro benzene ring substituents is 1. The number of carbonyl (C=O) groups is 3. The summed E-state index contributed by atoms with van der Waals surface area (Å²) in [6.07, 6.45) is -0.531. The van der Waals surface area contributed by atoms with Gasteiger partial charge in [-0.15, -0.1) is 11.3 Å². The first-order valence-electron chi connectivity index (χ1n) is 11.0. The number of hydrogen-bond acceptors (Lipinski definition) is 14. The molecule has 2 heterocycles. The highest BCUT2D eigenvalue weighted by atomic mass is 32.2. The van der Waals surface area contributed by atoms with E-state index in [0.29, 0.717) is 5.56 Å². The monoisotopic (exact) mass is 595 g/mol. The van der Waals surface area contributed by atoms with Crippen LogP contribution in [0, 0.1) is 21.4 Å². The number of hydrogen-bond donors (Lipinski definition) is 3. The van der Waals surface area contributed by atoms with Gasteiger partial charge in [-0.05, 0) is 31.5 Å². The molecule has 0 spiro atoms. The molecule has 2 aromatic rings. The summed E-state index contributed by atoms with van der Waals surface area (Å²) in [5.74, 6) is -3.19. The molecular weight excluding hydrogens is 574 g/mol. The Morgan fingerprint density at radius 1 is 1.38 bits per heavy atom. The molecule has 17 nitrogen and oxygen atoms in total. The second-order valence-corrected chi connectivity index (χ2v) is 10.8. The Balaban J connectivity index is 1.76. The molecule has 0 radical (unpaired) electrons. The highest BCUT2D eigenvalue weighted by Gasteiger charge is 2.54. The average Bonchev–Trinajstić information content (AvgIpc) is 3.30. The Morgan fingerprint density at radius 3 is 2.55 bits per heavy atom. The van der Waals surface area contributed by atoms with Crippen LogP contribution in [-0.4, -0.2) is 68.4 Å². The number of nitrogens with zero attached hydrogens (tertiary/aromatic N) is 5. The Kier molecular flexibility index (Phi) is 8.67. The van der Waals surface area contributed by atoms with Crippen molar-refractivity contribution in [2.75, 3.05) is 5.73 Å². The number of nitrogen functional groups attached to an aromatic ring is 1. The first-order chi connectivity index (χ1) is 18.7. The van der Waals surface area contributed by atoms with Crippen LogP contribution < -0.4 is 11.1 Å². The van der Waals surface area contributed by atoms with Gasteiger partial charge in [0.05, 0.1) is 23.5 Å². The summed E-state index contributed by atoms with van der Waals surface area (Å²) in [4.78, 5) is 57.4. The van der Waals surface area contributed by atoms with Crippen molar-refractivity contribution in [1.82, 2.24) is 14.6 Å². The SMILES string of the molecule is CC(C)(O/N=C(\C(=O)N[C@H]1C(=O)N(S(=O)(=O)O)[C@H]1CC#N)c1csc(N)n1)C(=O)OCc1ccc([N+](=O)[O-])cc1. The predicted molar refractivity (Wildman–Crippen MR) is 135 cm³/mol. The number of anilines is 1. The van der Waals surface area contributed by atoms with Crippen molar-refractivity contribution in [3.8, 4) is 6.07 Å². The number of thiazole rings is 1. The number of amides is 2. The molecule has 0 unspecified atom stereocenters. The van der Waals surface area contributed by atoms with Crippen molar-refractivity contribution in [3.05, 3.63) is 51.0 Å². The molecule has 2 amide bonds. The molecule has 40 heavy (non-hydrogen) atoms. The van der Waals surface area contributed by atoms with E-state index in [1.807, 2.05) is 0 Å². The molecule has 0 saturated carbocycles. The van der Waals surface area contributed by atoms with E-state index in [1.165, 1.54) is 43.5 Å². The van der Waals surface area contributed by atoms with E-state index in [2.05, 4.69) is 15.5 Å². The van der Waals surface area contributed by atoms with Gasteiger partial charge in [0.2, 0.25) is 5.60 Å². The number of aromatic nitrogens is 1. The highest BCUT2D eigenvalue weighted by Crippen LogP contribution is 2.26. The first kappa shape index (κ1) is 29.9. The number of nitro benzene ring substituents is 1. The zero-order chi connectivity index (χ0) is 29.8. The summed E-state index contributed by atoms with van der Waals surface area (Å²) in [5, 5.41) is 27.1. The number of oxime groups is 1. The topological polar surface area (TPSA) is 258 Å². The zero-order valence-corrected chi connectivity index (χ0v) is 22.3. The second-order valence-electron chi connectivity index (χ2n) is 8.60. The minimum absolute atomic E-state index is 0.0388. The van der Waals surface area contributed by atoms with E-state index in [4.69, 9.17) is 20.6 Å². The van der Waals surface area contributed by atoms with E-state index < -0.39 is 62.8 Å². The average molecular weight is 596 g/mol. The van der Waals surface area contributed by atoms with E-state index in [0.717, 1.165) is 11.3 Å². The normalized spacial score (nSPS) is 17.4. The lowest BCUT2D eigenvalue weighted by Gasteiger charge is -2.43. The van der Waals surface area contributed by atoms with Gasteiger partial charge in [0.25, 0.3) is 17.5 Å². The highest BCUT2D eigenvalue weighted by molar-refractivity contribution is 7.84. The van der Waals surface area contributed by atoms with Gasteiger partial charge >= 0.3 is 16.3 Å². The van der Waals surface area contributed by atoms with Crippen LogP contribution in [0.15, 0.2) is 34.8 Å². The van der Waals surface area contributed by atoms with Crippen molar-refractivity contribution in [2.45, 2.75) is 44.6 Å². The Morgan fingerprint density at radius 2 is 2.02 bits per heavy atom. The van der Waals surface area contributed by atoms with Crippen LogP contribution in [0.3, 0.4) is 0 Å². The number of nitriles is 1. The molecule has 4 N–H and O–H groups in total. The number of nitrogens with one attached hydrogen (secondary N) is 1. The molecule has 1 aromatic carbocycles. The summed E-state index contributed by atoms with van der Waals surface area (Å²) in [7, 11) is -4.98. The van der Waals surface area contributed by atoms with Crippen molar-refractivity contribution in [2.24, 2.45) is 5.16 Å². The Bertz CT molecular complexity index is 1510. The Hall–Kier alpha value is -4.67. The van der Waals surface area contributed by atoms with Gasteiger partial charge in [0.15, 0.2) is 10.8 Å². The van der Waals surface area contributed by atoms with Crippen LogP contribution in [0.4, 0.5) is 10.8 Å². The van der Waals surface area contributed by atoms with Crippen molar-refractivity contribution >= 4 is 56.0 Å². The lowest BCUT2D eigenvalue weighted by atomic mass is 9.96. The minimum Gasteiger partial charge on any atom is -0.458 e. The number of carbonyl (C=O) groups excluding carboxylic acids is 3. The molecule has 2 atom stereocenters. The third-order valence-corrected chi connectivity index (χ3v) is 6.98. The van der Waals surface area contributed by atoms with Gasteiger partial charge in [-0.25, -0.2) is 14.1 Å². The van der Waals surface area contributed by atoms with E-state index in [-0.39, 0.29) is 27.4 Å². The molecule has 0 bridgehead atoms. The number of esters is 1. The van der Waals surface area contributed by atoms with Gasteiger partial charge in [-0.1, -0.05) is 5.16 Å². The lowest BCUT2D eigenvalue weighted by molar-refractivity contribution is -0.384. The minimum atomic E-state index is -4.98.